The second-order valence-electron chi connectivity index (χ2n) is 5.86. The Kier molecular flexibility index (Phi) is 4.58. The maximum Gasteiger partial charge on any atom is 0.349 e. The monoisotopic (exact) mass is 351 g/mol. The molecular formula is C16H17NO8. The van der Waals surface area contributed by atoms with Crippen LogP contribution in [-0.2, 0) is 4.74 Å². The summed E-state index contributed by atoms with van der Waals surface area (Å²) < 4.78 is 10.5. The van der Waals surface area contributed by atoms with Crippen LogP contribution in [0.5, 0.6) is 0 Å². The van der Waals surface area contributed by atoms with Crippen molar-refractivity contribution in [2.24, 2.45) is 5.73 Å². The number of amides is 1. The van der Waals surface area contributed by atoms with E-state index in [0.717, 1.165) is 0 Å². The summed E-state index contributed by atoms with van der Waals surface area (Å²) in [5.74, 6) is -0.909. The van der Waals surface area contributed by atoms with Gasteiger partial charge in [0.2, 0.25) is 0 Å². The van der Waals surface area contributed by atoms with E-state index in [9.17, 15) is 30.0 Å². The van der Waals surface area contributed by atoms with E-state index < -0.39 is 48.7 Å². The maximum atomic E-state index is 11.8. The molecule has 0 saturated carbocycles. The summed E-state index contributed by atoms with van der Waals surface area (Å²) in [6.45, 7) is -0.550. The number of hydrogen-bond donors (Lipinski definition) is 5. The number of fused-ring (bicyclic) bond motifs is 1. The van der Waals surface area contributed by atoms with Crippen molar-refractivity contribution >= 4 is 16.9 Å². The highest BCUT2D eigenvalue weighted by molar-refractivity contribution is 5.95. The third kappa shape index (κ3) is 3.03. The fraction of sp³-hybridized carbons (Fsp3) is 0.375. The van der Waals surface area contributed by atoms with E-state index in [4.69, 9.17) is 14.9 Å². The maximum absolute atomic E-state index is 11.8. The van der Waals surface area contributed by atoms with E-state index >= 15 is 0 Å². The van der Waals surface area contributed by atoms with Gasteiger partial charge in [0.25, 0.3) is 5.91 Å². The van der Waals surface area contributed by atoms with Crippen LogP contribution in [-0.4, -0.2) is 57.4 Å². The van der Waals surface area contributed by atoms with E-state index in [-0.39, 0.29) is 11.1 Å². The Bertz CT molecular complexity index is 861. The van der Waals surface area contributed by atoms with Gasteiger partial charge in [0.05, 0.1) is 6.61 Å². The molecule has 2 aromatic rings. The highest BCUT2D eigenvalue weighted by atomic mass is 16.5. The average Bonchev–Trinajstić information content (AvgIpc) is 2.58. The predicted molar refractivity (Wildman–Crippen MR) is 83.7 cm³/mol. The summed E-state index contributed by atoms with van der Waals surface area (Å²) in [5, 5.41) is 39.5. The molecule has 1 aliphatic heterocycles. The van der Waals surface area contributed by atoms with Crippen molar-refractivity contribution in [1.29, 1.82) is 0 Å². The molecule has 6 N–H and O–H groups in total. The van der Waals surface area contributed by atoms with E-state index in [2.05, 4.69) is 0 Å². The van der Waals surface area contributed by atoms with Crippen LogP contribution in [0.25, 0.3) is 11.0 Å². The van der Waals surface area contributed by atoms with Crippen molar-refractivity contribution in [2.45, 2.75) is 30.5 Å². The van der Waals surface area contributed by atoms with Crippen LogP contribution in [0.4, 0.5) is 0 Å². The second kappa shape index (κ2) is 6.54. The van der Waals surface area contributed by atoms with Crippen LogP contribution in [0, 0.1) is 0 Å². The standard InChI is InChI=1S/C16H17NO8/c17-15(22)8-3-6-1-2-7(4-9(6)25-16(8)23)14-13(21)12(20)11(19)10(5-18)24-14/h1-4,10-14,18-21H,5H2,(H2,17,22)/t10-,11+,12+,13-,14+/m1/s1. The zero-order valence-corrected chi connectivity index (χ0v) is 12.9. The average molecular weight is 351 g/mol. The number of aliphatic hydroxyl groups excluding tert-OH is 4. The minimum Gasteiger partial charge on any atom is -0.422 e. The van der Waals surface area contributed by atoms with Gasteiger partial charge < -0.3 is 35.3 Å². The molecule has 134 valence electrons. The molecule has 1 aliphatic rings. The molecule has 1 aromatic carbocycles. The fourth-order valence-corrected chi connectivity index (χ4v) is 2.85. The first-order valence-electron chi connectivity index (χ1n) is 7.51. The van der Waals surface area contributed by atoms with Gasteiger partial charge in [-0.15, -0.1) is 0 Å². The van der Waals surface area contributed by atoms with Crippen molar-refractivity contribution in [1.82, 2.24) is 0 Å². The van der Waals surface area contributed by atoms with Crippen molar-refractivity contribution in [2.75, 3.05) is 6.61 Å². The number of benzene rings is 1. The fourth-order valence-electron chi connectivity index (χ4n) is 2.85. The number of ether oxygens (including phenoxy) is 1. The number of primary amides is 1. The third-order valence-electron chi connectivity index (χ3n) is 4.25. The lowest BCUT2D eigenvalue weighted by Gasteiger charge is -2.40. The molecule has 9 nitrogen and oxygen atoms in total. The second-order valence-corrected chi connectivity index (χ2v) is 5.86. The smallest absolute Gasteiger partial charge is 0.349 e. The van der Waals surface area contributed by atoms with Crippen molar-refractivity contribution < 1.29 is 34.4 Å². The van der Waals surface area contributed by atoms with Gasteiger partial charge >= 0.3 is 5.63 Å². The number of carbonyl (C=O) groups is 1. The first-order valence-corrected chi connectivity index (χ1v) is 7.51. The van der Waals surface area contributed by atoms with E-state index in [1.807, 2.05) is 0 Å². The number of rotatable bonds is 3. The number of aliphatic hydroxyl groups is 4. The molecule has 9 heteroatoms. The van der Waals surface area contributed by atoms with Crippen molar-refractivity contribution in [3.05, 3.63) is 45.8 Å². The Labute approximate surface area is 140 Å². The number of hydrogen-bond acceptors (Lipinski definition) is 8. The molecule has 25 heavy (non-hydrogen) atoms. The van der Waals surface area contributed by atoms with Gasteiger partial charge in [0, 0.05) is 5.39 Å². The molecule has 0 radical (unpaired) electrons. The van der Waals surface area contributed by atoms with Crippen LogP contribution in [0.2, 0.25) is 0 Å². The summed E-state index contributed by atoms with van der Waals surface area (Å²) in [6.07, 6.45) is -6.54. The summed E-state index contributed by atoms with van der Waals surface area (Å²) in [7, 11) is 0. The number of carbonyl (C=O) groups excluding carboxylic acids is 1. The van der Waals surface area contributed by atoms with Gasteiger partial charge in [0.15, 0.2) is 0 Å². The lowest BCUT2D eigenvalue weighted by atomic mass is 9.91. The van der Waals surface area contributed by atoms with Gasteiger partial charge in [-0.05, 0) is 17.7 Å². The summed E-state index contributed by atoms with van der Waals surface area (Å²) in [5.41, 5.74) is 4.41. The zero-order valence-electron chi connectivity index (χ0n) is 12.9. The Balaban J connectivity index is 2.02. The van der Waals surface area contributed by atoms with Crippen LogP contribution in [0.3, 0.4) is 0 Å². The Hall–Kier alpha value is -2.30. The first-order chi connectivity index (χ1) is 11.8. The SMILES string of the molecule is NC(=O)c1cc2ccc([C@@H]3O[C@H](CO)[C@H](O)[C@H](O)[C@H]3O)cc2oc1=O. The molecule has 2 heterocycles. The van der Waals surface area contributed by atoms with Gasteiger partial charge in [-0.2, -0.15) is 0 Å². The van der Waals surface area contributed by atoms with Gasteiger partial charge in [-0.3, -0.25) is 4.79 Å². The molecule has 0 spiro atoms. The molecule has 0 aliphatic carbocycles. The van der Waals surface area contributed by atoms with E-state index in [0.29, 0.717) is 10.9 Å². The van der Waals surface area contributed by atoms with Crippen molar-refractivity contribution in [3.8, 4) is 0 Å². The van der Waals surface area contributed by atoms with Crippen LogP contribution < -0.4 is 11.4 Å². The van der Waals surface area contributed by atoms with Crippen LogP contribution in [0.1, 0.15) is 22.0 Å². The quantitative estimate of drug-likeness (QED) is 0.413. The minimum atomic E-state index is -1.52. The molecule has 3 rings (SSSR count). The molecule has 0 unspecified atom stereocenters. The van der Waals surface area contributed by atoms with Crippen LogP contribution >= 0.6 is 0 Å². The van der Waals surface area contributed by atoms with Gasteiger partial charge in [0.1, 0.15) is 41.7 Å². The summed E-state index contributed by atoms with van der Waals surface area (Å²) in [4.78, 5) is 23.0. The van der Waals surface area contributed by atoms with Gasteiger partial charge in [-0.25, -0.2) is 4.79 Å². The predicted octanol–water partition coefficient (Wildman–Crippen LogP) is -1.59. The minimum absolute atomic E-state index is 0.129. The van der Waals surface area contributed by atoms with Crippen molar-refractivity contribution in [3.63, 3.8) is 0 Å². The zero-order chi connectivity index (χ0) is 18.3. The molecule has 1 saturated heterocycles. The molecule has 1 amide bonds. The van der Waals surface area contributed by atoms with E-state index in [1.165, 1.54) is 18.2 Å². The lowest BCUT2D eigenvalue weighted by molar-refractivity contribution is -0.231. The Morgan fingerprint density at radius 2 is 1.84 bits per heavy atom. The largest absolute Gasteiger partial charge is 0.422 e. The van der Waals surface area contributed by atoms with E-state index in [1.54, 1.807) is 6.07 Å². The van der Waals surface area contributed by atoms with Gasteiger partial charge in [-0.1, -0.05) is 12.1 Å². The molecule has 0 bridgehead atoms. The Morgan fingerprint density at radius 1 is 1.12 bits per heavy atom. The first kappa shape index (κ1) is 17.5. The lowest BCUT2D eigenvalue weighted by Crippen LogP contribution is -2.55. The Morgan fingerprint density at radius 3 is 2.48 bits per heavy atom. The highest BCUT2D eigenvalue weighted by Gasteiger charge is 2.44. The summed E-state index contributed by atoms with van der Waals surface area (Å²) >= 11 is 0. The molecule has 1 aromatic heterocycles. The molecule has 1 fully saturated rings. The summed E-state index contributed by atoms with van der Waals surface area (Å²) in [6, 6.07) is 5.77. The normalized spacial score (nSPS) is 29.7. The van der Waals surface area contributed by atoms with Crippen LogP contribution in [0.15, 0.2) is 33.5 Å². The highest BCUT2D eigenvalue weighted by Crippen LogP contribution is 2.33. The topological polar surface area (TPSA) is 163 Å². The third-order valence-corrected chi connectivity index (χ3v) is 4.25. The number of nitrogens with two attached hydrogens (primary N) is 1. The molecule has 5 atom stereocenters. The molecular weight excluding hydrogens is 334 g/mol.